The zero-order valence-corrected chi connectivity index (χ0v) is 11.6. The third-order valence-electron chi connectivity index (χ3n) is 3.79. The minimum Gasteiger partial charge on any atom is -0.314 e. The number of fused-ring (bicyclic) bond motifs is 1. The lowest BCUT2D eigenvalue weighted by atomic mass is 10.0. The minimum absolute atomic E-state index is 0.570. The van der Waals surface area contributed by atoms with Crippen LogP contribution in [0.25, 0.3) is 11.4 Å². The number of nitrogens with zero attached hydrogens (tertiary/aromatic N) is 3. The van der Waals surface area contributed by atoms with Crippen LogP contribution in [0.3, 0.4) is 0 Å². The first-order chi connectivity index (χ1) is 10.4. The van der Waals surface area contributed by atoms with Crippen molar-refractivity contribution in [1.29, 1.82) is 0 Å². The Morgan fingerprint density at radius 3 is 2.67 bits per heavy atom. The van der Waals surface area contributed by atoms with Gasteiger partial charge >= 0.3 is 6.01 Å². The van der Waals surface area contributed by atoms with Gasteiger partial charge in [-0.25, -0.2) is 0 Å². The summed E-state index contributed by atoms with van der Waals surface area (Å²) >= 11 is 0. The fourth-order valence-corrected chi connectivity index (χ4v) is 2.76. The molecule has 0 atom stereocenters. The second-order valence-electron chi connectivity index (χ2n) is 5.15. The van der Waals surface area contributed by atoms with Crippen LogP contribution in [0.5, 0.6) is 0 Å². The maximum Gasteiger partial charge on any atom is 0.328 e. The molecule has 0 saturated carbocycles. The van der Waals surface area contributed by atoms with E-state index in [1.165, 1.54) is 11.3 Å². The quantitative estimate of drug-likeness (QED) is 0.714. The van der Waals surface area contributed by atoms with E-state index in [0.717, 1.165) is 24.9 Å². The number of rotatable bonds is 2. The highest BCUT2D eigenvalue weighted by atomic mass is 16.5. The first kappa shape index (κ1) is 12.1. The van der Waals surface area contributed by atoms with Crippen LogP contribution in [0.2, 0.25) is 0 Å². The molecule has 21 heavy (non-hydrogen) atoms. The van der Waals surface area contributed by atoms with Crippen LogP contribution in [0.1, 0.15) is 12.0 Å². The summed E-state index contributed by atoms with van der Waals surface area (Å²) in [5.41, 5.74) is 3.48. The van der Waals surface area contributed by atoms with Crippen LogP contribution in [0.4, 0.5) is 11.7 Å². The maximum atomic E-state index is 5.48. The molecule has 1 aliphatic rings. The lowest BCUT2D eigenvalue weighted by molar-refractivity contribution is 0.420. The van der Waals surface area contributed by atoms with E-state index < -0.39 is 0 Å². The second-order valence-corrected chi connectivity index (χ2v) is 5.15. The average molecular weight is 277 g/mol. The number of aromatic nitrogens is 2. The zero-order chi connectivity index (χ0) is 14.1. The van der Waals surface area contributed by atoms with Crippen LogP contribution >= 0.6 is 0 Å². The van der Waals surface area contributed by atoms with Gasteiger partial charge in [-0.2, -0.15) is 4.98 Å². The summed E-state index contributed by atoms with van der Waals surface area (Å²) in [7, 11) is 0. The first-order valence-corrected chi connectivity index (χ1v) is 7.16. The lowest BCUT2D eigenvalue weighted by Gasteiger charge is -2.27. The zero-order valence-electron chi connectivity index (χ0n) is 11.6. The molecule has 0 radical (unpaired) electrons. The molecule has 1 aliphatic heterocycles. The molecule has 0 unspecified atom stereocenters. The number of anilines is 2. The molecule has 0 aliphatic carbocycles. The highest BCUT2D eigenvalue weighted by molar-refractivity contribution is 5.64. The molecule has 0 bridgehead atoms. The van der Waals surface area contributed by atoms with E-state index in [1.807, 2.05) is 36.4 Å². The number of hydrogen-bond acceptors (Lipinski definition) is 4. The van der Waals surface area contributed by atoms with Crippen molar-refractivity contribution >= 4 is 11.7 Å². The fraction of sp³-hybridized carbons (Fsp3) is 0.176. The molecular weight excluding hydrogens is 262 g/mol. The van der Waals surface area contributed by atoms with Gasteiger partial charge in [0.1, 0.15) is 0 Å². The van der Waals surface area contributed by atoms with Gasteiger partial charge in [-0.3, -0.25) is 4.90 Å². The van der Waals surface area contributed by atoms with E-state index in [1.54, 1.807) is 0 Å². The van der Waals surface area contributed by atoms with Crippen LogP contribution < -0.4 is 4.90 Å². The van der Waals surface area contributed by atoms with Crippen molar-refractivity contribution in [3.05, 3.63) is 60.2 Å². The molecule has 104 valence electrons. The van der Waals surface area contributed by atoms with E-state index in [0.29, 0.717) is 11.8 Å². The topological polar surface area (TPSA) is 42.2 Å². The van der Waals surface area contributed by atoms with Gasteiger partial charge in [-0.05, 0) is 24.5 Å². The summed E-state index contributed by atoms with van der Waals surface area (Å²) in [6.07, 6.45) is 2.20. The largest absolute Gasteiger partial charge is 0.328 e. The Bertz CT molecular complexity index is 751. The normalized spacial score (nSPS) is 14.0. The van der Waals surface area contributed by atoms with Crippen molar-refractivity contribution in [2.75, 3.05) is 11.4 Å². The predicted octanol–water partition coefficient (Wildman–Crippen LogP) is 3.82. The first-order valence-electron chi connectivity index (χ1n) is 7.16. The Balaban J connectivity index is 1.71. The molecule has 2 heterocycles. The molecule has 4 rings (SSSR count). The van der Waals surface area contributed by atoms with Crippen LogP contribution in [0.15, 0.2) is 59.1 Å². The van der Waals surface area contributed by atoms with Gasteiger partial charge in [0.25, 0.3) is 0 Å². The molecular formula is C17H15N3O. The minimum atomic E-state index is 0.570. The molecule has 0 spiro atoms. The summed E-state index contributed by atoms with van der Waals surface area (Å²) < 4.78 is 5.48. The van der Waals surface area contributed by atoms with Crippen LogP contribution in [0, 0.1) is 0 Å². The third-order valence-corrected chi connectivity index (χ3v) is 3.79. The van der Waals surface area contributed by atoms with Crippen LogP contribution in [-0.4, -0.2) is 16.7 Å². The summed E-state index contributed by atoms with van der Waals surface area (Å²) in [6.45, 7) is 0.910. The van der Waals surface area contributed by atoms with Crippen molar-refractivity contribution in [3.63, 3.8) is 0 Å². The average Bonchev–Trinajstić information content (AvgIpc) is 3.05. The SMILES string of the molecule is c1ccc(-c2noc(N3CCCc4ccccc43)n2)cc1. The molecule has 2 aromatic carbocycles. The molecule has 1 aromatic heterocycles. The van der Waals surface area contributed by atoms with Gasteiger partial charge in [0.2, 0.25) is 5.82 Å². The number of hydrogen-bond donors (Lipinski definition) is 0. The molecule has 0 fully saturated rings. The van der Waals surface area contributed by atoms with Gasteiger partial charge in [-0.1, -0.05) is 53.7 Å². The van der Waals surface area contributed by atoms with Gasteiger partial charge < -0.3 is 4.52 Å². The lowest BCUT2D eigenvalue weighted by Crippen LogP contribution is -2.24. The maximum absolute atomic E-state index is 5.48. The second kappa shape index (κ2) is 5.05. The number of para-hydroxylation sites is 1. The Kier molecular flexibility index (Phi) is 2.92. The number of aryl methyl sites for hydroxylation is 1. The third kappa shape index (κ3) is 2.18. The Labute approximate surface area is 123 Å². The monoisotopic (exact) mass is 277 g/mol. The van der Waals surface area contributed by atoms with E-state index in [-0.39, 0.29) is 0 Å². The Hall–Kier alpha value is -2.62. The van der Waals surface area contributed by atoms with Gasteiger partial charge in [0, 0.05) is 17.8 Å². The molecule has 0 saturated heterocycles. The highest BCUT2D eigenvalue weighted by Gasteiger charge is 2.22. The summed E-state index contributed by atoms with van der Waals surface area (Å²) in [5, 5.41) is 4.11. The number of benzene rings is 2. The van der Waals surface area contributed by atoms with Gasteiger partial charge in [0.15, 0.2) is 0 Å². The smallest absolute Gasteiger partial charge is 0.314 e. The molecule has 0 amide bonds. The predicted molar refractivity (Wildman–Crippen MR) is 81.5 cm³/mol. The van der Waals surface area contributed by atoms with Crippen molar-refractivity contribution in [1.82, 2.24) is 10.1 Å². The summed E-state index contributed by atoms with van der Waals surface area (Å²) in [4.78, 5) is 6.66. The summed E-state index contributed by atoms with van der Waals surface area (Å²) in [6, 6.07) is 18.9. The van der Waals surface area contributed by atoms with E-state index >= 15 is 0 Å². The molecule has 3 aromatic rings. The Morgan fingerprint density at radius 2 is 1.76 bits per heavy atom. The van der Waals surface area contributed by atoms with Crippen molar-refractivity contribution in [2.24, 2.45) is 0 Å². The van der Waals surface area contributed by atoms with Crippen molar-refractivity contribution < 1.29 is 4.52 Å². The van der Waals surface area contributed by atoms with E-state index in [2.05, 4.69) is 33.2 Å². The van der Waals surface area contributed by atoms with Crippen molar-refractivity contribution in [2.45, 2.75) is 12.8 Å². The Morgan fingerprint density at radius 1 is 0.952 bits per heavy atom. The van der Waals surface area contributed by atoms with Crippen molar-refractivity contribution in [3.8, 4) is 11.4 Å². The summed E-state index contributed by atoms with van der Waals surface area (Å²) in [5.74, 6) is 0.633. The standard InChI is InChI=1S/C17H15N3O/c1-2-8-14(9-3-1)16-18-17(21-19-16)20-12-6-10-13-7-4-5-11-15(13)20/h1-5,7-9,11H,6,10,12H2. The van der Waals surface area contributed by atoms with Gasteiger partial charge in [-0.15, -0.1) is 0 Å². The van der Waals surface area contributed by atoms with E-state index in [9.17, 15) is 0 Å². The molecule has 0 N–H and O–H groups in total. The van der Waals surface area contributed by atoms with E-state index in [4.69, 9.17) is 4.52 Å². The van der Waals surface area contributed by atoms with Crippen LogP contribution in [-0.2, 0) is 6.42 Å². The molecule has 4 heteroatoms. The molecule has 4 nitrogen and oxygen atoms in total. The van der Waals surface area contributed by atoms with Gasteiger partial charge in [0.05, 0.1) is 0 Å². The fourth-order valence-electron chi connectivity index (χ4n) is 2.76. The highest BCUT2D eigenvalue weighted by Crippen LogP contribution is 2.33.